The van der Waals surface area contributed by atoms with E-state index in [1.165, 1.54) is 0 Å². The van der Waals surface area contributed by atoms with Crippen LogP contribution in [0.5, 0.6) is 11.5 Å². The van der Waals surface area contributed by atoms with E-state index in [-0.39, 0.29) is 24.2 Å². The van der Waals surface area contributed by atoms with Crippen LogP contribution in [0.15, 0.2) is 24.3 Å². The number of fused-ring (bicyclic) bond motifs is 1. The normalized spacial score (nSPS) is 14.4. The van der Waals surface area contributed by atoms with Crippen LogP contribution in [0.3, 0.4) is 0 Å². The maximum atomic E-state index is 12.0. The highest BCUT2D eigenvalue weighted by Crippen LogP contribution is 2.38. The molecule has 2 aromatic carbocycles. The Morgan fingerprint density at radius 1 is 0.977 bits per heavy atom. The van der Waals surface area contributed by atoms with Gasteiger partial charge in [-0.2, -0.15) is 0 Å². The molecule has 0 saturated carbocycles. The number of aromatic nitrogens is 4. The molecular formula is C29H37N9O6. The Labute approximate surface area is 252 Å². The summed E-state index contributed by atoms with van der Waals surface area (Å²) in [6.07, 6.45) is 1.30. The molecule has 1 aliphatic heterocycles. The molecule has 3 amide bonds. The van der Waals surface area contributed by atoms with E-state index in [0.717, 1.165) is 0 Å². The van der Waals surface area contributed by atoms with Gasteiger partial charge in [-0.05, 0) is 64.3 Å². The van der Waals surface area contributed by atoms with Gasteiger partial charge in [-0.1, -0.05) is 0 Å². The van der Waals surface area contributed by atoms with Crippen LogP contribution < -0.4 is 37.7 Å². The standard InChI is InChI=1S/C29H37N9O6/c1-29(2,3)44-28(41)34-7-5-9-42-20-12-15(24(30)39)10-18-22(20)37(26(32)35-18)8-4-6-17-14-43-21-13-16(25(31)40)11-19-23(21)38(17)27(33)36-19/h10-13,17H,4-9,14H2,1-3H3,(H2,30,39)(H2,31,40)(H2,32,35)(H2,33,36)(H,34,41)/t17-/m0/s1. The fourth-order valence-electron chi connectivity index (χ4n) is 5.28. The summed E-state index contributed by atoms with van der Waals surface area (Å²) >= 11 is 0. The largest absolute Gasteiger partial charge is 0.491 e. The van der Waals surface area contributed by atoms with Gasteiger partial charge in [-0.3, -0.25) is 9.59 Å². The minimum Gasteiger partial charge on any atom is -0.491 e. The van der Waals surface area contributed by atoms with Crippen molar-refractivity contribution in [3.8, 4) is 11.5 Å². The summed E-state index contributed by atoms with van der Waals surface area (Å²) in [7, 11) is 0. The molecule has 0 unspecified atom stereocenters. The van der Waals surface area contributed by atoms with Crippen molar-refractivity contribution in [2.45, 2.75) is 58.2 Å². The van der Waals surface area contributed by atoms with Crippen molar-refractivity contribution in [3.05, 3.63) is 35.4 Å². The molecule has 0 aliphatic carbocycles. The maximum Gasteiger partial charge on any atom is 0.407 e. The summed E-state index contributed by atoms with van der Waals surface area (Å²) in [5.74, 6) is 0.289. The second kappa shape index (κ2) is 11.8. The quantitative estimate of drug-likeness (QED) is 0.156. The molecule has 1 aliphatic rings. The predicted octanol–water partition coefficient (Wildman–Crippen LogP) is 2.46. The Balaban J connectivity index is 1.30. The first-order valence-electron chi connectivity index (χ1n) is 14.3. The van der Waals surface area contributed by atoms with Crippen LogP contribution in [0.1, 0.15) is 66.8 Å². The number of carbonyl (C=O) groups excluding carboxylic acids is 3. The number of benzene rings is 2. The molecular weight excluding hydrogens is 570 g/mol. The average molecular weight is 608 g/mol. The Morgan fingerprint density at radius 3 is 2.32 bits per heavy atom. The van der Waals surface area contributed by atoms with Crippen LogP contribution in [0, 0.1) is 0 Å². The third-order valence-corrected chi connectivity index (χ3v) is 7.15. The Hall–Kier alpha value is -5.21. The minimum atomic E-state index is -0.624. The molecule has 15 nitrogen and oxygen atoms in total. The van der Waals surface area contributed by atoms with E-state index in [9.17, 15) is 14.4 Å². The number of hydrogen-bond acceptors (Lipinski definition) is 10. The molecule has 0 saturated heterocycles. The zero-order chi connectivity index (χ0) is 31.8. The monoisotopic (exact) mass is 607 g/mol. The number of nitrogens with zero attached hydrogens (tertiary/aromatic N) is 4. The fourth-order valence-corrected chi connectivity index (χ4v) is 5.28. The molecule has 2 aromatic heterocycles. The average Bonchev–Trinajstić information content (AvgIpc) is 3.44. The van der Waals surface area contributed by atoms with Gasteiger partial charge < -0.3 is 51.6 Å². The molecule has 0 radical (unpaired) electrons. The van der Waals surface area contributed by atoms with Gasteiger partial charge in [0, 0.05) is 24.2 Å². The van der Waals surface area contributed by atoms with Gasteiger partial charge in [0.2, 0.25) is 23.7 Å². The second-order valence-corrected chi connectivity index (χ2v) is 11.6. The molecule has 0 bridgehead atoms. The van der Waals surface area contributed by atoms with Gasteiger partial charge in [0.05, 0.1) is 23.7 Å². The molecule has 4 aromatic rings. The molecule has 0 fully saturated rings. The van der Waals surface area contributed by atoms with Crippen molar-refractivity contribution in [1.29, 1.82) is 0 Å². The van der Waals surface area contributed by atoms with Crippen LogP contribution in [-0.2, 0) is 11.3 Å². The Bertz CT molecular complexity index is 1750. The maximum absolute atomic E-state index is 12.0. The number of nitrogens with two attached hydrogens (primary N) is 4. The highest BCUT2D eigenvalue weighted by molar-refractivity contribution is 5.99. The van der Waals surface area contributed by atoms with Gasteiger partial charge in [0.15, 0.2) is 0 Å². The van der Waals surface area contributed by atoms with E-state index in [1.54, 1.807) is 45.0 Å². The lowest BCUT2D eigenvalue weighted by atomic mass is 10.1. The summed E-state index contributed by atoms with van der Waals surface area (Å²) in [4.78, 5) is 44.5. The van der Waals surface area contributed by atoms with Crippen LogP contribution >= 0.6 is 0 Å². The first-order valence-corrected chi connectivity index (χ1v) is 14.3. The molecule has 3 heterocycles. The van der Waals surface area contributed by atoms with Crippen LogP contribution in [-0.4, -0.2) is 62.4 Å². The number of carbonyl (C=O) groups is 3. The number of aryl methyl sites for hydroxylation is 1. The van der Waals surface area contributed by atoms with Crippen molar-refractivity contribution in [3.63, 3.8) is 0 Å². The van der Waals surface area contributed by atoms with Gasteiger partial charge in [0.1, 0.15) is 34.7 Å². The molecule has 15 heteroatoms. The summed E-state index contributed by atoms with van der Waals surface area (Å²) in [6, 6.07) is 6.24. The van der Waals surface area contributed by atoms with E-state index in [4.69, 9.17) is 37.1 Å². The first kappa shape index (κ1) is 30.3. The van der Waals surface area contributed by atoms with E-state index in [2.05, 4.69) is 15.3 Å². The van der Waals surface area contributed by atoms with Crippen molar-refractivity contribution in [1.82, 2.24) is 24.4 Å². The number of nitrogens with one attached hydrogen (secondary N) is 1. The highest BCUT2D eigenvalue weighted by Gasteiger charge is 2.27. The van der Waals surface area contributed by atoms with Crippen molar-refractivity contribution >= 4 is 51.9 Å². The van der Waals surface area contributed by atoms with E-state index < -0.39 is 23.5 Å². The molecule has 9 N–H and O–H groups in total. The number of amides is 3. The summed E-state index contributed by atoms with van der Waals surface area (Å²) in [6.45, 7) is 6.75. The number of hydrogen-bond donors (Lipinski definition) is 5. The Morgan fingerprint density at radius 2 is 1.64 bits per heavy atom. The summed E-state index contributed by atoms with van der Waals surface area (Å²) in [5.41, 5.74) is 25.9. The second-order valence-electron chi connectivity index (χ2n) is 11.6. The van der Waals surface area contributed by atoms with Gasteiger partial charge in [-0.25, -0.2) is 14.8 Å². The zero-order valence-electron chi connectivity index (χ0n) is 24.9. The number of nitrogen functional groups attached to an aromatic ring is 2. The van der Waals surface area contributed by atoms with Gasteiger partial charge in [0.25, 0.3) is 0 Å². The summed E-state index contributed by atoms with van der Waals surface area (Å²) < 4.78 is 21.0. The first-order chi connectivity index (χ1) is 20.8. The van der Waals surface area contributed by atoms with Crippen LogP contribution in [0.25, 0.3) is 22.1 Å². The Kier molecular flexibility index (Phi) is 8.13. The number of anilines is 2. The third kappa shape index (κ3) is 6.26. The molecule has 5 rings (SSSR count). The zero-order valence-corrected chi connectivity index (χ0v) is 24.9. The van der Waals surface area contributed by atoms with E-state index in [0.29, 0.717) is 84.0 Å². The lowest BCUT2D eigenvalue weighted by Crippen LogP contribution is -2.33. The highest BCUT2D eigenvalue weighted by atomic mass is 16.6. The number of alkyl carbamates (subject to hydrolysis) is 1. The van der Waals surface area contributed by atoms with Crippen LogP contribution in [0.2, 0.25) is 0 Å². The predicted molar refractivity (Wildman–Crippen MR) is 163 cm³/mol. The van der Waals surface area contributed by atoms with Crippen molar-refractivity contribution < 1.29 is 28.6 Å². The fraction of sp³-hybridized carbons (Fsp3) is 0.414. The van der Waals surface area contributed by atoms with E-state index >= 15 is 0 Å². The topological polar surface area (TPSA) is 231 Å². The smallest absolute Gasteiger partial charge is 0.407 e. The number of primary amides is 2. The molecule has 234 valence electrons. The molecule has 0 spiro atoms. The number of ether oxygens (including phenoxy) is 3. The minimum absolute atomic E-state index is 0.113. The lowest BCUT2D eigenvalue weighted by Gasteiger charge is -2.27. The number of rotatable bonds is 11. The van der Waals surface area contributed by atoms with E-state index in [1.807, 2.05) is 9.13 Å². The van der Waals surface area contributed by atoms with Crippen LogP contribution in [0.4, 0.5) is 16.7 Å². The van der Waals surface area contributed by atoms with Crippen molar-refractivity contribution in [2.24, 2.45) is 11.5 Å². The van der Waals surface area contributed by atoms with Crippen molar-refractivity contribution in [2.75, 3.05) is 31.2 Å². The molecule has 44 heavy (non-hydrogen) atoms. The SMILES string of the molecule is CC(C)(C)OC(=O)NCCCOc1cc(C(N)=O)cc2nc(N)n(CCC[C@H]3COc4cc(C(N)=O)cc5nc(N)n3c45)c12. The lowest BCUT2D eigenvalue weighted by molar-refractivity contribution is 0.0525. The third-order valence-electron chi connectivity index (χ3n) is 7.15. The molecule has 1 atom stereocenters. The van der Waals surface area contributed by atoms with Gasteiger partial charge in [-0.15, -0.1) is 0 Å². The number of imidazole rings is 2. The summed E-state index contributed by atoms with van der Waals surface area (Å²) in [5, 5.41) is 2.69. The van der Waals surface area contributed by atoms with Gasteiger partial charge >= 0.3 is 6.09 Å².